The first-order valence-electron chi connectivity index (χ1n) is 6.69. The van der Waals surface area contributed by atoms with Gasteiger partial charge in [-0.05, 0) is 31.0 Å². The summed E-state index contributed by atoms with van der Waals surface area (Å²) in [5, 5.41) is 5.32. The lowest BCUT2D eigenvalue weighted by Crippen LogP contribution is -2.36. The quantitative estimate of drug-likeness (QED) is 0.882. The predicted molar refractivity (Wildman–Crippen MR) is 78.8 cm³/mol. The lowest BCUT2D eigenvalue weighted by Gasteiger charge is -2.09. The van der Waals surface area contributed by atoms with Gasteiger partial charge in [-0.15, -0.1) is 0 Å². The second-order valence-electron chi connectivity index (χ2n) is 4.90. The molecule has 1 heterocycles. The molecule has 0 aliphatic carbocycles. The average Bonchev–Trinajstić information content (AvgIpc) is 2.98. The van der Waals surface area contributed by atoms with Gasteiger partial charge < -0.3 is 15.1 Å². The van der Waals surface area contributed by atoms with Gasteiger partial charge in [0.1, 0.15) is 6.26 Å². The summed E-state index contributed by atoms with van der Waals surface area (Å²) < 4.78 is 4.81. The van der Waals surface area contributed by atoms with Gasteiger partial charge in [0.05, 0.1) is 18.4 Å². The maximum absolute atomic E-state index is 11.7. The first-order valence-corrected chi connectivity index (χ1v) is 6.69. The highest BCUT2D eigenvalue weighted by molar-refractivity contribution is 5.96. The molecule has 110 valence electrons. The maximum atomic E-state index is 11.7. The molecular weight excluding hydrogens is 268 g/mol. The van der Waals surface area contributed by atoms with E-state index in [2.05, 4.69) is 16.7 Å². The SMILES string of the molecule is Cc1ccc(CNC(=O)CNC(=O)c2ccoc2)c(C)c1. The molecule has 1 aromatic carbocycles. The second kappa shape index (κ2) is 6.74. The highest BCUT2D eigenvalue weighted by Gasteiger charge is 2.09. The van der Waals surface area contributed by atoms with E-state index in [1.807, 2.05) is 26.0 Å². The van der Waals surface area contributed by atoms with Crippen LogP contribution in [0.1, 0.15) is 27.0 Å². The van der Waals surface area contributed by atoms with Crippen molar-refractivity contribution in [3.05, 3.63) is 59.0 Å². The molecule has 0 atom stereocenters. The number of hydrogen-bond acceptors (Lipinski definition) is 3. The minimum atomic E-state index is -0.328. The van der Waals surface area contributed by atoms with Crippen molar-refractivity contribution in [3.8, 4) is 0 Å². The number of nitrogens with one attached hydrogen (secondary N) is 2. The summed E-state index contributed by atoms with van der Waals surface area (Å²) in [6, 6.07) is 7.62. The first-order chi connectivity index (χ1) is 10.1. The van der Waals surface area contributed by atoms with Crippen LogP contribution < -0.4 is 10.6 Å². The lowest BCUT2D eigenvalue weighted by atomic mass is 10.1. The number of carbonyl (C=O) groups excluding carboxylic acids is 2. The van der Waals surface area contributed by atoms with Crippen LogP contribution in [0.25, 0.3) is 0 Å². The zero-order valence-corrected chi connectivity index (χ0v) is 12.1. The molecule has 0 saturated carbocycles. The van der Waals surface area contributed by atoms with Gasteiger partial charge in [-0.25, -0.2) is 0 Å². The van der Waals surface area contributed by atoms with Crippen molar-refractivity contribution in [2.75, 3.05) is 6.54 Å². The molecule has 0 bridgehead atoms. The van der Waals surface area contributed by atoms with E-state index < -0.39 is 0 Å². The van der Waals surface area contributed by atoms with E-state index >= 15 is 0 Å². The molecule has 2 N–H and O–H groups in total. The Labute approximate surface area is 123 Å². The number of benzene rings is 1. The Bertz CT molecular complexity index is 633. The van der Waals surface area contributed by atoms with E-state index in [4.69, 9.17) is 4.42 Å². The summed E-state index contributed by atoms with van der Waals surface area (Å²) in [5.41, 5.74) is 3.79. The maximum Gasteiger partial charge on any atom is 0.254 e. The minimum Gasteiger partial charge on any atom is -0.472 e. The summed E-state index contributed by atoms with van der Waals surface area (Å²) in [6.45, 7) is 4.43. The minimum absolute atomic E-state index is 0.0606. The Morgan fingerprint density at radius 1 is 1.14 bits per heavy atom. The van der Waals surface area contributed by atoms with Crippen LogP contribution in [-0.4, -0.2) is 18.4 Å². The third kappa shape index (κ3) is 4.21. The molecule has 21 heavy (non-hydrogen) atoms. The third-order valence-electron chi connectivity index (χ3n) is 3.17. The molecular formula is C16H18N2O3. The van der Waals surface area contributed by atoms with E-state index in [1.54, 1.807) is 6.07 Å². The summed E-state index contributed by atoms with van der Waals surface area (Å²) in [6.07, 6.45) is 2.75. The number of rotatable bonds is 5. The monoisotopic (exact) mass is 286 g/mol. The summed E-state index contributed by atoms with van der Waals surface area (Å²) in [5.74, 6) is -0.558. The molecule has 1 aromatic heterocycles. The highest BCUT2D eigenvalue weighted by Crippen LogP contribution is 2.09. The molecule has 0 saturated heterocycles. The summed E-state index contributed by atoms with van der Waals surface area (Å²) >= 11 is 0. The van der Waals surface area contributed by atoms with E-state index in [-0.39, 0.29) is 18.4 Å². The number of carbonyl (C=O) groups is 2. The van der Waals surface area contributed by atoms with Gasteiger partial charge in [-0.3, -0.25) is 9.59 Å². The van der Waals surface area contributed by atoms with Crippen LogP contribution in [0.4, 0.5) is 0 Å². The standard InChI is InChI=1S/C16H18N2O3/c1-11-3-4-13(12(2)7-11)8-17-15(19)9-18-16(20)14-5-6-21-10-14/h3-7,10H,8-9H2,1-2H3,(H,17,19)(H,18,20). The molecule has 0 spiro atoms. The van der Waals surface area contributed by atoms with Crippen LogP contribution in [0.15, 0.2) is 41.2 Å². The molecule has 5 heteroatoms. The number of amides is 2. The van der Waals surface area contributed by atoms with E-state index in [0.717, 1.165) is 11.1 Å². The first kappa shape index (κ1) is 14.8. The van der Waals surface area contributed by atoms with Crippen LogP contribution in [0.3, 0.4) is 0 Å². The van der Waals surface area contributed by atoms with Crippen molar-refractivity contribution in [1.82, 2.24) is 10.6 Å². The number of aryl methyl sites for hydroxylation is 2. The summed E-state index contributed by atoms with van der Waals surface area (Å²) in [7, 11) is 0. The van der Waals surface area contributed by atoms with Crippen LogP contribution in [-0.2, 0) is 11.3 Å². The second-order valence-corrected chi connectivity index (χ2v) is 4.90. The number of hydrogen-bond donors (Lipinski definition) is 2. The Balaban J connectivity index is 1.78. The molecule has 0 radical (unpaired) electrons. The fraction of sp³-hybridized carbons (Fsp3) is 0.250. The molecule has 2 aromatic rings. The van der Waals surface area contributed by atoms with Gasteiger partial charge in [0.2, 0.25) is 5.91 Å². The molecule has 5 nitrogen and oxygen atoms in total. The van der Waals surface area contributed by atoms with Crippen LogP contribution >= 0.6 is 0 Å². The molecule has 0 aliphatic heterocycles. The predicted octanol–water partition coefficient (Wildman–Crippen LogP) is 1.94. The Hall–Kier alpha value is -2.56. The molecule has 2 amide bonds. The van der Waals surface area contributed by atoms with Crippen molar-refractivity contribution >= 4 is 11.8 Å². The van der Waals surface area contributed by atoms with Gasteiger partial charge >= 0.3 is 0 Å². The molecule has 0 aliphatic rings. The van der Waals surface area contributed by atoms with Crippen molar-refractivity contribution in [2.45, 2.75) is 20.4 Å². The summed E-state index contributed by atoms with van der Waals surface area (Å²) in [4.78, 5) is 23.3. The average molecular weight is 286 g/mol. The Morgan fingerprint density at radius 2 is 1.95 bits per heavy atom. The lowest BCUT2D eigenvalue weighted by molar-refractivity contribution is -0.120. The normalized spacial score (nSPS) is 10.2. The fourth-order valence-corrected chi connectivity index (χ4v) is 1.96. The van der Waals surface area contributed by atoms with Gasteiger partial charge in [-0.2, -0.15) is 0 Å². The topological polar surface area (TPSA) is 71.3 Å². The van der Waals surface area contributed by atoms with E-state index in [9.17, 15) is 9.59 Å². The zero-order valence-electron chi connectivity index (χ0n) is 12.1. The van der Waals surface area contributed by atoms with Gasteiger partial charge in [0, 0.05) is 6.54 Å². The molecule has 0 unspecified atom stereocenters. The largest absolute Gasteiger partial charge is 0.472 e. The van der Waals surface area contributed by atoms with Crippen molar-refractivity contribution in [3.63, 3.8) is 0 Å². The molecule has 0 fully saturated rings. The van der Waals surface area contributed by atoms with Crippen molar-refractivity contribution in [2.24, 2.45) is 0 Å². The van der Waals surface area contributed by atoms with Crippen molar-refractivity contribution in [1.29, 1.82) is 0 Å². The van der Waals surface area contributed by atoms with E-state index in [1.165, 1.54) is 18.1 Å². The van der Waals surface area contributed by atoms with Crippen molar-refractivity contribution < 1.29 is 14.0 Å². The highest BCUT2D eigenvalue weighted by atomic mass is 16.3. The smallest absolute Gasteiger partial charge is 0.254 e. The Kier molecular flexibility index (Phi) is 4.77. The van der Waals surface area contributed by atoms with Crippen LogP contribution in [0.2, 0.25) is 0 Å². The molecule has 2 rings (SSSR count). The zero-order chi connectivity index (χ0) is 15.2. The van der Waals surface area contributed by atoms with Crippen LogP contribution in [0.5, 0.6) is 0 Å². The van der Waals surface area contributed by atoms with Crippen LogP contribution in [0, 0.1) is 13.8 Å². The fourth-order valence-electron chi connectivity index (χ4n) is 1.96. The van der Waals surface area contributed by atoms with Gasteiger partial charge in [-0.1, -0.05) is 23.8 Å². The Morgan fingerprint density at radius 3 is 2.62 bits per heavy atom. The number of furan rings is 1. The van der Waals surface area contributed by atoms with Gasteiger partial charge in [0.15, 0.2) is 0 Å². The third-order valence-corrected chi connectivity index (χ3v) is 3.17. The van der Waals surface area contributed by atoms with E-state index in [0.29, 0.717) is 12.1 Å². The van der Waals surface area contributed by atoms with Gasteiger partial charge in [0.25, 0.3) is 5.91 Å².